The van der Waals surface area contributed by atoms with Crippen LogP contribution in [0.25, 0.3) is 5.57 Å². The molecule has 3 unspecified atom stereocenters. The third-order valence-corrected chi connectivity index (χ3v) is 7.26. The minimum atomic E-state index is -0.858. The summed E-state index contributed by atoms with van der Waals surface area (Å²) in [5.74, 6) is -0.168. The number of aromatic nitrogens is 2. The Hall–Kier alpha value is -3.77. The normalized spacial score (nSPS) is 26.5. The van der Waals surface area contributed by atoms with Gasteiger partial charge in [0.15, 0.2) is 0 Å². The fraction of sp³-hybridized carbons (Fsp3) is 0.423. The number of hydrogen-bond donors (Lipinski definition) is 2. The van der Waals surface area contributed by atoms with Crippen molar-refractivity contribution in [2.24, 2.45) is 17.3 Å². The Kier molecular flexibility index (Phi) is 5.99. The van der Waals surface area contributed by atoms with E-state index in [0.717, 1.165) is 24.0 Å². The van der Waals surface area contributed by atoms with Gasteiger partial charge in [-0.05, 0) is 48.8 Å². The Bertz CT molecular complexity index is 1270. The van der Waals surface area contributed by atoms with Gasteiger partial charge in [0.05, 0.1) is 17.7 Å². The van der Waals surface area contributed by atoms with Crippen molar-refractivity contribution in [3.8, 4) is 6.07 Å². The monoisotopic (exact) mass is 474 g/mol. The maximum Gasteiger partial charge on any atom is 0.303 e. The van der Waals surface area contributed by atoms with Gasteiger partial charge in [0.1, 0.15) is 0 Å². The fourth-order valence-electron chi connectivity index (χ4n) is 5.37. The lowest BCUT2D eigenvalue weighted by Gasteiger charge is -2.38. The Morgan fingerprint density at radius 2 is 2.20 bits per heavy atom. The van der Waals surface area contributed by atoms with Crippen molar-refractivity contribution in [2.45, 2.75) is 45.1 Å². The van der Waals surface area contributed by atoms with E-state index in [9.17, 15) is 14.9 Å². The van der Waals surface area contributed by atoms with Gasteiger partial charge < -0.3 is 19.6 Å². The number of aryl methyl sites for hydroxylation is 2. The number of anilines is 1. The molecule has 9 heteroatoms. The predicted octanol–water partition coefficient (Wildman–Crippen LogP) is 3.66. The average Bonchev–Trinajstić information content (AvgIpc) is 3.40. The van der Waals surface area contributed by atoms with E-state index >= 15 is 0 Å². The van der Waals surface area contributed by atoms with Crippen molar-refractivity contribution < 1.29 is 23.8 Å². The molecule has 2 heterocycles. The van der Waals surface area contributed by atoms with Crippen LogP contribution in [0.1, 0.15) is 48.6 Å². The molecule has 5 rings (SSSR count). The highest BCUT2D eigenvalue weighted by Crippen LogP contribution is 2.64. The number of nitrogens with one attached hydrogen (secondary N) is 1. The van der Waals surface area contributed by atoms with E-state index in [2.05, 4.69) is 27.7 Å². The first kappa shape index (κ1) is 23.0. The van der Waals surface area contributed by atoms with Crippen molar-refractivity contribution in [3.05, 3.63) is 59.3 Å². The number of rotatable bonds is 7. The molecule has 1 spiro atoms. The number of amides is 1. The molecule has 1 amide bonds. The maximum absolute atomic E-state index is 13.4. The SMILES string of the molecule is Cc1nnc(C2=CC3C(C=C2)OCC[C@]32CC2C(=O)Nc2cc(C#N)ccc2CCCC(=O)O)o1. The van der Waals surface area contributed by atoms with Gasteiger partial charge in [0.25, 0.3) is 0 Å². The molecule has 4 atom stereocenters. The molecular weight excluding hydrogens is 448 g/mol. The third kappa shape index (κ3) is 4.49. The first-order valence-corrected chi connectivity index (χ1v) is 11.8. The first-order valence-electron chi connectivity index (χ1n) is 11.8. The summed E-state index contributed by atoms with van der Waals surface area (Å²) in [7, 11) is 0. The zero-order valence-corrected chi connectivity index (χ0v) is 19.4. The van der Waals surface area contributed by atoms with Gasteiger partial charge >= 0.3 is 5.97 Å². The number of carboxylic acids is 1. The second-order valence-electron chi connectivity index (χ2n) is 9.43. The van der Waals surface area contributed by atoms with E-state index in [0.29, 0.717) is 42.5 Å². The lowest BCUT2D eigenvalue weighted by molar-refractivity contribution is -0.137. The number of carbonyl (C=O) groups excluding carboxylic acids is 1. The Labute approximate surface area is 202 Å². The minimum absolute atomic E-state index is 0.0136. The molecule has 1 saturated carbocycles. The fourth-order valence-corrected chi connectivity index (χ4v) is 5.37. The van der Waals surface area contributed by atoms with E-state index in [1.165, 1.54) is 0 Å². The summed E-state index contributed by atoms with van der Waals surface area (Å²) in [5.41, 5.74) is 2.47. The summed E-state index contributed by atoms with van der Waals surface area (Å²) in [6.45, 7) is 2.33. The van der Waals surface area contributed by atoms with Gasteiger partial charge in [0, 0.05) is 43.0 Å². The maximum atomic E-state index is 13.4. The molecule has 9 nitrogen and oxygen atoms in total. The Morgan fingerprint density at radius 3 is 2.94 bits per heavy atom. The zero-order chi connectivity index (χ0) is 24.6. The van der Waals surface area contributed by atoms with E-state index in [-0.39, 0.29) is 35.7 Å². The number of fused-ring (bicyclic) bond motifs is 2. The Morgan fingerprint density at radius 1 is 1.34 bits per heavy atom. The van der Waals surface area contributed by atoms with Gasteiger partial charge in [-0.15, -0.1) is 10.2 Å². The zero-order valence-electron chi connectivity index (χ0n) is 19.4. The smallest absolute Gasteiger partial charge is 0.303 e. The van der Waals surface area contributed by atoms with Crippen molar-refractivity contribution in [1.82, 2.24) is 10.2 Å². The lowest BCUT2D eigenvalue weighted by Crippen LogP contribution is -2.39. The molecule has 2 fully saturated rings. The summed E-state index contributed by atoms with van der Waals surface area (Å²) < 4.78 is 11.6. The molecule has 0 bridgehead atoms. The standard InChI is InChI=1S/C26H26N4O5/c1-15-29-30-25(35-15)18-7-8-22-19(12-18)26(9-10-34-22)13-20(26)24(33)28-21-11-16(14-27)5-6-17(21)3-2-4-23(31)32/h5-8,11-12,19-20,22H,2-4,9-10,13H2,1H3,(H,28,33)(H,31,32)/t19?,20?,22?,26-/m0/s1. The number of hydrogen-bond acceptors (Lipinski definition) is 7. The average molecular weight is 475 g/mol. The largest absolute Gasteiger partial charge is 0.481 e. The van der Waals surface area contributed by atoms with Crippen LogP contribution in [0.4, 0.5) is 5.69 Å². The molecule has 2 aromatic rings. The van der Waals surface area contributed by atoms with Gasteiger partial charge in [-0.1, -0.05) is 24.3 Å². The topological polar surface area (TPSA) is 138 Å². The number of allylic oxidation sites excluding steroid dienone is 2. The third-order valence-electron chi connectivity index (χ3n) is 7.26. The van der Waals surface area contributed by atoms with Crippen LogP contribution >= 0.6 is 0 Å². The first-order chi connectivity index (χ1) is 16.9. The quantitative estimate of drug-likeness (QED) is 0.620. The highest BCUT2D eigenvalue weighted by molar-refractivity contribution is 5.96. The number of carbonyl (C=O) groups is 2. The molecule has 1 saturated heterocycles. The molecule has 1 aromatic heterocycles. The van der Waals surface area contributed by atoms with Crippen LogP contribution in [0.15, 0.2) is 40.8 Å². The second kappa shape index (κ2) is 9.12. The second-order valence-corrected chi connectivity index (χ2v) is 9.43. The Balaban J connectivity index is 1.35. The molecule has 180 valence electrons. The van der Waals surface area contributed by atoms with Crippen molar-refractivity contribution >= 4 is 23.1 Å². The number of ether oxygens (including phenoxy) is 1. The van der Waals surface area contributed by atoms with Gasteiger partial charge in [-0.2, -0.15) is 5.26 Å². The van der Waals surface area contributed by atoms with Crippen LogP contribution in [0, 0.1) is 35.5 Å². The molecule has 2 aliphatic carbocycles. The summed E-state index contributed by atoms with van der Waals surface area (Å²) in [5, 5.41) is 29.4. The van der Waals surface area contributed by atoms with Crippen LogP contribution in [0.5, 0.6) is 0 Å². The summed E-state index contributed by atoms with van der Waals surface area (Å²) in [4.78, 5) is 24.3. The lowest BCUT2D eigenvalue weighted by atomic mass is 9.75. The summed E-state index contributed by atoms with van der Waals surface area (Å²) in [6, 6.07) is 7.24. The highest BCUT2D eigenvalue weighted by Gasteiger charge is 2.64. The molecule has 3 aliphatic rings. The van der Waals surface area contributed by atoms with Crippen LogP contribution in [-0.2, 0) is 20.7 Å². The molecule has 1 aromatic carbocycles. The summed E-state index contributed by atoms with van der Waals surface area (Å²) in [6.07, 6.45) is 8.44. The number of carboxylic acid groups (broad SMARTS) is 1. The van der Waals surface area contributed by atoms with E-state index in [4.69, 9.17) is 14.3 Å². The molecule has 0 radical (unpaired) electrons. The van der Waals surface area contributed by atoms with Crippen LogP contribution in [0.2, 0.25) is 0 Å². The van der Waals surface area contributed by atoms with E-state index < -0.39 is 5.97 Å². The van der Waals surface area contributed by atoms with Crippen molar-refractivity contribution in [3.63, 3.8) is 0 Å². The van der Waals surface area contributed by atoms with E-state index in [1.807, 2.05) is 12.2 Å². The number of aliphatic carboxylic acids is 1. The minimum Gasteiger partial charge on any atom is -0.481 e. The van der Waals surface area contributed by atoms with Gasteiger partial charge in [-0.25, -0.2) is 0 Å². The van der Waals surface area contributed by atoms with Crippen LogP contribution in [0.3, 0.4) is 0 Å². The van der Waals surface area contributed by atoms with Crippen molar-refractivity contribution in [1.29, 1.82) is 5.26 Å². The van der Waals surface area contributed by atoms with E-state index in [1.54, 1.807) is 25.1 Å². The van der Waals surface area contributed by atoms with Gasteiger partial charge in [0.2, 0.25) is 17.7 Å². The molecule has 2 N–H and O–H groups in total. The number of benzene rings is 1. The molecule has 35 heavy (non-hydrogen) atoms. The van der Waals surface area contributed by atoms with Gasteiger partial charge in [-0.3, -0.25) is 9.59 Å². The van der Waals surface area contributed by atoms with Crippen LogP contribution < -0.4 is 5.32 Å². The van der Waals surface area contributed by atoms with Crippen LogP contribution in [-0.4, -0.2) is 39.9 Å². The molecular formula is C26H26N4O5. The number of nitriles is 1. The van der Waals surface area contributed by atoms with Crippen molar-refractivity contribution in [2.75, 3.05) is 11.9 Å². The number of nitrogens with zero attached hydrogens (tertiary/aromatic N) is 3. The predicted molar refractivity (Wildman–Crippen MR) is 125 cm³/mol. The highest BCUT2D eigenvalue weighted by atomic mass is 16.5. The molecule has 1 aliphatic heterocycles. The summed E-state index contributed by atoms with van der Waals surface area (Å²) >= 11 is 0.